The number of para-hydroxylation sites is 1. The maximum absolute atomic E-state index is 4.33. The number of likely N-dealkylation sites (tertiary alicyclic amines) is 1. The SMILES string of the molecule is Cc1cc(CCN2CCC(n3ccc4ccccc43)CC2)n[nH]1. The minimum absolute atomic E-state index is 0.638. The second-order valence-corrected chi connectivity index (χ2v) is 6.65. The fourth-order valence-corrected chi connectivity index (χ4v) is 3.72. The van der Waals surface area contributed by atoms with Crippen LogP contribution in [0.25, 0.3) is 10.9 Å². The van der Waals surface area contributed by atoms with Crippen LogP contribution < -0.4 is 0 Å². The van der Waals surface area contributed by atoms with E-state index in [4.69, 9.17) is 0 Å². The number of nitrogens with one attached hydrogen (secondary N) is 1. The van der Waals surface area contributed by atoms with E-state index in [2.05, 4.69) is 69.2 Å². The predicted molar refractivity (Wildman–Crippen MR) is 93.7 cm³/mol. The Morgan fingerprint density at radius 3 is 2.78 bits per heavy atom. The molecule has 4 nitrogen and oxygen atoms in total. The van der Waals surface area contributed by atoms with Gasteiger partial charge in [0.2, 0.25) is 0 Å². The summed E-state index contributed by atoms with van der Waals surface area (Å²) in [4.78, 5) is 2.58. The molecule has 120 valence electrons. The number of nitrogens with zero attached hydrogens (tertiary/aromatic N) is 3. The van der Waals surface area contributed by atoms with Crippen molar-refractivity contribution in [3.05, 3.63) is 54.0 Å². The summed E-state index contributed by atoms with van der Waals surface area (Å²) in [6.45, 7) is 5.54. The van der Waals surface area contributed by atoms with Crippen molar-refractivity contribution in [3.8, 4) is 0 Å². The van der Waals surface area contributed by atoms with Crippen LogP contribution in [0, 0.1) is 6.92 Å². The fourth-order valence-electron chi connectivity index (χ4n) is 3.72. The van der Waals surface area contributed by atoms with Crippen LogP contribution in [0.2, 0.25) is 0 Å². The van der Waals surface area contributed by atoms with E-state index in [1.165, 1.54) is 42.5 Å². The van der Waals surface area contributed by atoms with Gasteiger partial charge >= 0.3 is 0 Å². The predicted octanol–water partition coefficient (Wildman–Crippen LogP) is 3.55. The van der Waals surface area contributed by atoms with E-state index in [0.717, 1.165) is 18.7 Å². The molecular formula is C19H24N4. The van der Waals surface area contributed by atoms with Crippen LogP contribution in [0.15, 0.2) is 42.6 Å². The molecule has 1 saturated heterocycles. The largest absolute Gasteiger partial charge is 0.344 e. The molecule has 1 aliphatic rings. The number of piperidine rings is 1. The molecule has 0 bridgehead atoms. The van der Waals surface area contributed by atoms with Gasteiger partial charge in [-0.3, -0.25) is 5.10 Å². The average molecular weight is 308 g/mol. The van der Waals surface area contributed by atoms with Crippen LogP contribution >= 0.6 is 0 Å². The van der Waals surface area contributed by atoms with Crippen molar-refractivity contribution in [2.75, 3.05) is 19.6 Å². The Morgan fingerprint density at radius 2 is 2.00 bits per heavy atom. The van der Waals surface area contributed by atoms with E-state index in [-0.39, 0.29) is 0 Å². The summed E-state index contributed by atoms with van der Waals surface area (Å²) < 4.78 is 2.48. The van der Waals surface area contributed by atoms with E-state index in [1.807, 2.05) is 0 Å². The third-order valence-electron chi connectivity index (χ3n) is 5.02. The first-order valence-corrected chi connectivity index (χ1v) is 8.58. The highest BCUT2D eigenvalue weighted by molar-refractivity contribution is 5.80. The van der Waals surface area contributed by atoms with Crippen molar-refractivity contribution in [1.82, 2.24) is 19.7 Å². The van der Waals surface area contributed by atoms with Gasteiger partial charge in [0.25, 0.3) is 0 Å². The molecule has 23 heavy (non-hydrogen) atoms. The number of H-pyrrole nitrogens is 1. The summed E-state index contributed by atoms with van der Waals surface area (Å²) in [6, 6.07) is 13.7. The highest BCUT2D eigenvalue weighted by Gasteiger charge is 2.21. The molecule has 0 amide bonds. The standard InChI is InChI=1S/C19H24N4/c1-15-14-17(21-20-15)7-10-22-11-8-18(9-12-22)23-13-6-16-4-2-3-5-19(16)23/h2-6,13-14,18H,7-12H2,1H3,(H,20,21). The van der Waals surface area contributed by atoms with Crippen molar-refractivity contribution < 1.29 is 0 Å². The highest BCUT2D eigenvalue weighted by atomic mass is 15.2. The Hall–Kier alpha value is -2.07. The fraction of sp³-hybridized carbons (Fsp3) is 0.421. The number of hydrogen-bond acceptors (Lipinski definition) is 2. The lowest BCUT2D eigenvalue weighted by atomic mass is 10.0. The summed E-state index contributed by atoms with van der Waals surface area (Å²) in [5.41, 5.74) is 3.71. The number of aryl methyl sites for hydroxylation is 1. The molecule has 0 unspecified atom stereocenters. The van der Waals surface area contributed by atoms with Gasteiger partial charge in [-0.25, -0.2) is 0 Å². The number of hydrogen-bond donors (Lipinski definition) is 1. The summed E-state index contributed by atoms with van der Waals surface area (Å²) in [7, 11) is 0. The molecule has 1 aromatic carbocycles. The minimum atomic E-state index is 0.638. The van der Waals surface area contributed by atoms with Crippen LogP contribution in [0.5, 0.6) is 0 Å². The van der Waals surface area contributed by atoms with Crippen molar-refractivity contribution in [2.45, 2.75) is 32.2 Å². The monoisotopic (exact) mass is 308 g/mol. The third kappa shape index (κ3) is 3.04. The molecule has 1 aliphatic heterocycles. The van der Waals surface area contributed by atoms with Crippen LogP contribution in [0.3, 0.4) is 0 Å². The van der Waals surface area contributed by atoms with Crippen molar-refractivity contribution >= 4 is 10.9 Å². The molecule has 0 atom stereocenters. The molecule has 2 aromatic heterocycles. The average Bonchev–Trinajstić information content (AvgIpc) is 3.20. The van der Waals surface area contributed by atoms with Gasteiger partial charge in [0.05, 0.1) is 5.69 Å². The summed E-state index contributed by atoms with van der Waals surface area (Å²) in [5, 5.41) is 8.71. The molecule has 4 heteroatoms. The van der Waals surface area contributed by atoms with E-state index in [0.29, 0.717) is 6.04 Å². The molecule has 0 saturated carbocycles. The molecule has 1 fully saturated rings. The summed E-state index contributed by atoms with van der Waals surface area (Å²) in [5.74, 6) is 0. The van der Waals surface area contributed by atoms with Gasteiger partial charge in [0.15, 0.2) is 0 Å². The van der Waals surface area contributed by atoms with Crippen molar-refractivity contribution in [3.63, 3.8) is 0 Å². The number of aromatic nitrogens is 3. The van der Waals surface area contributed by atoms with Crippen LogP contribution in [0.4, 0.5) is 0 Å². The molecule has 0 radical (unpaired) electrons. The Balaban J connectivity index is 1.35. The minimum Gasteiger partial charge on any atom is -0.344 e. The van der Waals surface area contributed by atoms with Gasteiger partial charge in [-0.1, -0.05) is 18.2 Å². The number of rotatable bonds is 4. The first kappa shape index (κ1) is 14.5. The Bertz CT molecular complexity index is 777. The lowest BCUT2D eigenvalue weighted by Crippen LogP contribution is -2.35. The van der Waals surface area contributed by atoms with E-state index >= 15 is 0 Å². The Morgan fingerprint density at radius 1 is 1.17 bits per heavy atom. The molecular weight excluding hydrogens is 284 g/mol. The van der Waals surface area contributed by atoms with E-state index < -0.39 is 0 Å². The molecule has 0 aliphatic carbocycles. The second-order valence-electron chi connectivity index (χ2n) is 6.65. The Kier molecular flexibility index (Phi) is 3.92. The first-order valence-electron chi connectivity index (χ1n) is 8.58. The number of benzene rings is 1. The zero-order valence-electron chi connectivity index (χ0n) is 13.7. The molecule has 3 heterocycles. The van der Waals surface area contributed by atoms with Crippen LogP contribution in [0.1, 0.15) is 30.3 Å². The van der Waals surface area contributed by atoms with Gasteiger partial charge in [0.1, 0.15) is 0 Å². The molecule has 0 spiro atoms. The molecule has 4 rings (SSSR count). The van der Waals surface area contributed by atoms with E-state index in [9.17, 15) is 0 Å². The van der Waals surface area contributed by atoms with Gasteiger partial charge in [0, 0.05) is 49.5 Å². The Labute approximate surface area is 137 Å². The normalized spacial score (nSPS) is 17.1. The zero-order chi connectivity index (χ0) is 15.6. The van der Waals surface area contributed by atoms with Crippen LogP contribution in [-0.2, 0) is 6.42 Å². The lowest BCUT2D eigenvalue weighted by molar-refractivity contribution is 0.190. The number of aromatic amines is 1. The molecule has 1 N–H and O–H groups in total. The topological polar surface area (TPSA) is 36.9 Å². The van der Waals surface area contributed by atoms with Gasteiger partial charge in [-0.05, 0) is 43.4 Å². The smallest absolute Gasteiger partial charge is 0.0637 e. The van der Waals surface area contributed by atoms with Crippen molar-refractivity contribution in [1.29, 1.82) is 0 Å². The maximum atomic E-state index is 4.33. The second kappa shape index (κ2) is 6.20. The quantitative estimate of drug-likeness (QED) is 0.800. The third-order valence-corrected chi connectivity index (χ3v) is 5.02. The van der Waals surface area contributed by atoms with Gasteiger partial charge < -0.3 is 9.47 Å². The molecule has 3 aromatic rings. The zero-order valence-corrected chi connectivity index (χ0v) is 13.7. The van der Waals surface area contributed by atoms with Gasteiger partial charge in [-0.15, -0.1) is 0 Å². The lowest BCUT2D eigenvalue weighted by Gasteiger charge is -2.33. The highest BCUT2D eigenvalue weighted by Crippen LogP contribution is 2.27. The van der Waals surface area contributed by atoms with Crippen LogP contribution in [-0.4, -0.2) is 39.3 Å². The number of fused-ring (bicyclic) bond motifs is 1. The first-order chi connectivity index (χ1) is 11.3. The van der Waals surface area contributed by atoms with E-state index in [1.54, 1.807) is 0 Å². The summed E-state index contributed by atoms with van der Waals surface area (Å²) >= 11 is 0. The summed E-state index contributed by atoms with van der Waals surface area (Å²) in [6.07, 6.45) is 5.77. The van der Waals surface area contributed by atoms with Gasteiger partial charge in [-0.2, -0.15) is 5.10 Å². The maximum Gasteiger partial charge on any atom is 0.0637 e. The van der Waals surface area contributed by atoms with Crippen molar-refractivity contribution in [2.24, 2.45) is 0 Å².